The first-order valence-corrected chi connectivity index (χ1v) is 11.9. The fourth-order valence-electron chi connectivity index (χ4n) is 4.54. The number of hydrogen-bond donors (Lipinski definition) is 4. The highest BCUT2D eigenvalue weighted by Gasteiger charge is 2.28. The van der Waals surface area contributed by atoms with Crippen LogP contribution in [0, 0.1) is 5.82 Å². The Balaban J connectivity index is 1.52. The summed E-state index contributed by atoms with van der Waals surface area (Å²) < 4.78 is 19.3. The van der Waals surface area contributed by atoms with Gasteiger partial charge in [-0.25, -0.2) is 9.38 Å². The summed E-state index contributed by atoms with van der Waals surface area (Å²) in [6.07, 6.45) is 9.24. The molecule has 3 aliphatic rings. The van der Waals surface area contributed by atoms with Gasteiger partial charge in [0.05, 0.1) is 7.11 Å². The van der Waals surface area contributed by atoms with E-state index >= 15 is 0 Å². The van der Waals surface area contributed by atoms with Crippen molar-refractivity contribution in [3.05, 3.63) is 24.0 Å². The number of hydrogen-bond acceptors (Lipinski definition) is 8. The number of nitrogens with one attached hydrogen (secondary N) is 4. The van der Waals surface area contributed by atoms with Gasteiger partial charge in [0.1, 0.15) is 0 Å². The van der Waals surface area contributed by atoms with E-state index in [1.165, 1.54) is 38.9 Å². The maximum absolute atomic E-state index is 14.2. The summed E-state index contributed by atoms with van der Waals surface area (Å²) in [6, 6.07) is 5.61. The highest BCUT2D eigenvalue weighted by atomic mass is 19.1. The lowest BCUT2D eigenvalue weighted by molar-refractivity contribution is 0.251. The fraction of sp³-hybridized carbons (Fsp3) is 0.652. The minimum Gasteiger partial charge on any atom is -0.494 e. The Labute approximate surface area is 190 Å². The van der Waals surface area contributed by atoms with Crippen molar-refractivity contribution in [1.82, 2.24) is 20.9 Å². The SMILES string of the molecule is COc1ccc(NC2=NC(NC3CCCCCC3)=NC(NC3CCNCC3)N2C)cc1F. The van der Waals surface area contributed by atoms with Gasteiger partial charge >= 0.3 is 0 Å². The summed E-state index contributed by atoms with van der Waals surface area (Å²) in [6.45, 7) is 2.02. The molecule has 1 saturated heterocycles. The van der Waals surface area contributed by atoms with Gasteiger partial charge < -0.3 is 25.6 Å². The van der Waals surface area contributed by atoms with Gasteiger partial charge in [0.2, 0.25) is 11.9 Å². The monoisotopic (exact) mass is 445 g/mol. The van der Waals surface area contributed by atoms with Gasteiger partial charge in [-0.05, 0) is 50.9 Å². The summed E-state index contributed by atoms with van der Waals surface area (Å²) in [5.41, 5.74) is 0.616. The van der Waals surface area contributed by atoms with Crippen LogP contribution in [0.25, 0.3) is 0 Å². The van der Waals surface area contributed by atoms with E-state index < -0.39 is 5.82 Å². The van der Waals surface area contributed by atoms with Gasteiger partial charge in [0.25, 0.3) is 0 Å². The van der Waals surface area contributed by atoms with Gasteiger partial charge in [-0.2, -0.15) is 4.99 Å². The molecule has 9 heteroatoms. The zero-order chi connectivity index (χ0) is 22.3. The van der Waals surface area contributed by atoms with Crippen molar-refractivity contribution < 1.29 is 9.13 Å². The van der Waals surface area contributed by atoms with E-state index in [1.54, 1.807) is 12.1 Å². The Morgan fingerprint density at radius 1 is 1.06 bits per heavy atom. The third kappa shape index (κ3) is 5.89. The van der Waals surface area contributed by atoms with Gasteiger partial charge in [-0.1, -0.05) is 25.7 Å². The molecular weight excluding hydrogens is 409 g/mol. The van der Waals surface area contributed by atoms with E-state index in [-0.39, 0.29) is 12.0 Å². The van der Waals surface area contributed by atoms with Gasteiger partial charge in [0, 0.05) is 30.9 Å². The lowest BCUT2D eigenvalue weighted by Gasteiger charge is -2.36. The molecule has 8 nitrogen and oxygen atoms in total. The number of anilines is 1. The number of piperidine rings is 1. The van der Waals surface area contributed by atoms with Crippen LogP contribution in [0.5, 0.6) is 5.75 Å². The Bertz CT molecular complexity index is 817. The molecule has 2 aliphatic heterocycles. The maximum Gasteiger partial charge on any atom is 0.224 e. The van der Waals surface area contributed by atoms with Crippen LogP contribution in [0.15, 0.2) is 28.2 Å². The zero-order valence-electron chi connectivity index (χ0n) is 19.2. The average Bonchev–Trinajstić information content (AvgIpc) is 3.06. The highest BCUT2D eigenvalue weighted by Crippen LogP contribution is 2.22. The molecule has 1 saturated carbocycles. The predicted molar refractivity (Wildman–Crippen MR) is 127 cm³/mol. The molecule has 1 aromatic carbocycles. The Morgan fingerprint density at radius 3 is 2.50 bits per heavy atom. The smallest absolute Gasteiger partial charge is 0.224 e. The van der Waals surface area contributed by atoms with Gasteiger partial charge in [0.15, 0.2) is 17.9 Å². The largest absolute Gasteiger partial charge is 0.494 e. The number of aliphatic imine (C=N–C) groups is 2. The van der Waals surface area contributed by atoms with Crippen LogP contribution in [-0.2, 0) is 0 Å². The minimum absolute atomic E-state index is 0.220. The van der Waals surface area contributed by atoms with E-state index in [9.17, 15) is 4.39 Å². The second-order valence-corrected chi connectivity index (χ2v) is 8.87. The first-order valence-electron chi connectivity index (χ1n) is 11.9. The molecule has 1 unspecified atom stereocenters. The summed E-state index contributed by atoms with van der Waals surface area (Å²) in [5.74, 6) is 1.08. The average molecular weight is 446 g/mol. The Hall–Kier alpha value is -2.39. The first-order chi connectivity index (χ1) is 15.6. The number of guanidine groups is 2. The molecule has 0 bridgehead atoms. The summed E-state index contributed by atoms with van der Waals surface area (Å²) in [5, 5.41) is 13.9. The molecule has 4 N–H and O–H groups in total. The van der Waals surface area contributed by atoms with E-state index in [2.05, 4.69) is 21.3 Å². The number of halogens is 1. The van der Waals surface area contributed by atoms with Crippen molar-refractivity contribution >= 4 is 17.6 Å². The van der Waals surface area contributed by atoms with Crippen LogP contribution in [0.2, 0.25) is 0 Å². The Kier molecular flexibility index (Phi) is 7.81. The van der Waals surface area contributed by atoms with Crippen LogP contribution in [0.4, 0.5) is 10.1 Å². The van der Waals surface area contributed by atoms with Crippen LogP contribution >= 0.6 is 0 Å². The fourth-order valence-corrected chi connectivity index (χ4v) is 4.54. The molecule has 2 fully saturated rings. The third-order valence-corrected chi connectivity index (χ3v) is 6.48. The molecular formula is C23H36FN7O. The van der Waals surface area contributed by atoms with E-state index in [1.807, 2.05) is 11.9 Å². The number of benzene rings is 1. The quantitative estimate of drug-likeness (QED) is 0.522. The molecule has 0 spiro atoms. The second-order valence-electron chi connectivity index (χ2n) is 8.87. The van der Waals surface area contributed by atoms with Crippen LogP contribution in [-0.4, -0.2) is 62.4 Å². The summed E-state index contributed by atoms with van der Waals surface area (Å²) in [4.78, 5) is 11.6. The van der Waals surface area contributed by atoms with Crippen LogP contribution in [0.1, 0.15) is 51.4 Å². The molecule has 0 amide bonds. The van der Waals surface area contributed by atoms with Gasteiger partial charge in [-0.15, -0.1) is 0 Å². The van der Waals surface area contributed by atoms with Crippen molar-refractivity contribution in [2.24, 2.45) is 9.98 Å². The van der Waals surface area contributed by atoms with Crippen molar-refractivity contribution in [2.45, 2.75) is 69.7 Å². The second kappa shape index (κ2) is 11.0. The van der Waals surface area contributed by atoms with Crippen molar-refractivity contribution in [3.63, 3.8) is 0 Å². The van der Waals surface area contributed by atoms with Crippen LogP contribution < -0.4 is 26.0 Å². The Morgan fingerprint density at radius 2 is 1.81 bits per heavy atom. The number of ether oxygens (including phenoxy) is 1. The summed E-state index contributed by atoms with van der Waals surface area (Å²) in [7, 11) is 3.42. The van der Waals surface area contributed by atoms with Gasteiger partial charge in [-0.3, -0.25) is 5.32 Å². The topological polar surface area (TPSA) is 85.3 Å². The zero-order valence-corrected chi connectivity index (χ0v) is 19.2. The van der Waals surface area contributed by atoms with Crippen molar-refractivity contribution in [1.29, 1.82) is 0 Å². The molecule has 1 aliphatic carbocycles. The van der Waals surface area contributed by atoms with E-state index in [4.69, 9.17) is 14.7 Å². The van der Waals surface area contributed by atoms with Crippen molar-refractivity contribution in [2.75, 3.05) is 32.6 Å². The standard InChI is InChI=1S/C23H36FN7O/c1-31-22(27-17-11-13-25-14-12-17)29-21(26-16-7-5-3-4-6-8-16)30-23(31)28-18-9-10-20(32-2)19(24)15-18/h9-10,15-17,22,25,27H,3-8,11-14H2,1-2H3,(H2,26,28,29,30). The highest BCUT2D eigenvalue weighted by molar-refractivity contribution is 6.03. The van der Waals surface area contributed by atoms with E-state index in [0.29, 0.717) is 29.7 Å². The number of methoxy groups -OCH3 is 1. The predicted octanol–water partition coefficient (Wildman–Crippen LogP) is 2.84. The molecule has 1 atom stereocenters. The number of nitrogens with zero attached hydrogens (tertiary/aromatic N) is 3. The molecule has 4 rings (SSSR count). The molecule has 176 valence electrons. The lowest BCUT2D eigenvalue weighted by Crippen LogP contribution is -2.56. The van der Waals surface area contributed by atoms with Crippen LogP contribution in [0.3, 0.4) is 0 Å². The molecule has 32 heavy (non-hydrogen) atoms. The third-order valence-electron chi connectivity index (χ3n) is 6.48. The number of rotatable bonds is 5. The molecule has 0 aromatic heterocycles. The maximum atomic E-state index is 14.2. The van der Waals surface area contributed by atoms with E-state index in [0.717, 1.165) is 38.8 Å². The van der Waals surface area contributed by atoms with Crippen molar-refractivity contribution in [3.8, 4) is 5.75 Å². The first kappa shape index (κ1) is 22.8. The molecule has 0 radical (unpaired) electrons. The lowest BCUT2D eigenvalue weighted by atomic mass is 10.1. The molecule has 2 heterocycles. The molecule has 1 aromatic rings. The normalized spacial score (nSPS) is 23.2. The minimum atomic E-state index is -0.411. The summed E-state index contributed by atoms with van der Waals surface area (Å²) >= 11 is 0.